The average Bonchev–Trinajstić information content (AvgIpc) is 2.25. The van der Waals surface area contributed by atoms with Gasteiger partial charge in [-0.05, 0) is 17.6 Å². The predicted octanol–water partition coefficient (Wildman–Crippen LogP) is 3.60. The van der Waals surface area contributed by atoms with E-state index in [1.165, 1.54) is 45.4 Å². The Morgan fingerprint density at radius 2 is 1.88 bits per heavy atom. The molecule has 0 aliphatic carbocycles. The van der Waals surface area contributed by atoms with E-state index in [1.807, 2.05) is 0 Å². The molecule has 0 saturated heterocycles. The van der Waals surface area contributed by atoms with Crippen LogP contribution in [0.3, 0.4) is 0 Å². The molecular formula is C13H22O2S. The van der Waals surface area contributed by atoms with Crippen LogP contribution in [0.5, 0.6) is 0 Å². The summed E-state index contributed by atoms with van der Waals surface area (Å²) >= 11 is 1.62. The lowest BCUT2D eigenvalue weighted by Crippen LogP contribution is -1.97. The number of hydrogen-bond donors (Lipinski definition) is 0. The fourth-order valence-corrected chi connectivity index (χ4v) is 1.84. The van der Waals surface area contributed by atoms with Crippen molar-refractivity contribution in [2.45, 2.75) is 52.4 Å². The summed E-state index contributed by atoms with van der Waals surface area (Å²) in [7, 11) is 0. The number of ether oxygens (including phenoxy) is 1. The number of carbonyl (C=O) groups excluding carboxylic acids is 1. The van der Waals surface area contributed by atoms with Gasteiger partial charge in [-0.2, -0.15) is 0 Å². The highest BCUT2D eigenvalue weighted by molar-refractivity contribution is 8.03. The molecule has 3 heteroatoms. The number of rotatable bonds is 8. The zero-order chi connectivity index (χ0) is 12.1. The van der Waals surface area contributed by atoms with E-state index in [0.717, 1.165) is 5.75 Å². The number of hydrogen-bond acceptors (Lipinski definition) is 3. The molecule has 0 aliphatic heterocycles. The van der Waals surface area contributed by atoms with Gasteiger partial charge in [-0.15, -0.1) is 0 Å². The van der Waals surface area contributed by atoms with Crippen LogP contribution in [-0.2, 0) is 9.53 Å². The summed E-state index contributed by atoms with van der Waals surface area (Å²) in [6, 6.07) is 0. The van der Waals surface area contributed by atoms with Crippen LogP contribution in [0.1, 0.15) is 52.4 Å². The van der Waals surface area contributed by atoms with E-state index in [0.29, 0.717) is 0 Å². The van der Waals surface area contributed by atoms with Gasteiger partial charge in [0.05, 0.1) is 0 Å². The SMILES string of the molecule is CCCCCCCCSC#CCOC(C)=O. The summed E-state index contributed by atoms with van der Waals surface area (Å²) in [5.41, 5.74) is 0. The van der Waals surface area contributed by atoms with Gasteiger partial charge in [0.15, 0.2) is 6.61 Å². The lowest BCUT2D eigenvalue weighted by Gasteiger charge is -1.97. The van der Waals surface area contributed by atoms with E-state index >= 15 is 0 Å². The van der Waals surface area contributed by atoms with Gasteiger partial charge in [-0.1, -0.05) is 50.8 Å². The third kappa shape index (κ3) is 13.4. The molecule has 92 valence electrons. The average molecular weight is 242 g/mol. The van der Waals surface area contributed by atoms with E-state index in [1.54, 1.807) is 11.8 Å². The minimum absolute atomic E-state index is 0.221. The molecule has 0 aromatic heterocycles. The molecule has 0 atom stereocenters. The Bertz CT molecular complexity index is 228. The van der Waals surface area contributed by atoms with Gasteiger partial charge in [-0.25, -0.2) is 0 Å². The highest BCUT2D eigenvalue weighted by Crippen LogP contribution is 2.08. The Labute approximate surface area is 104 Å². The van der Waals surface area contributed by atoms with Crippen molar-refractivity contribution in [2.75, 3.05) is 12.4 Å². The van der Waals surface area contributed by atoms with Gasteiger partial charge in [-0.3, -0.25) is 4.79 Å². The van der Waals surface area contributed by atoms with Crippen molar-refractivity contribution < 1.29 is 9.53 Å². The highest BCUT2D eigenvalue weighted by Gasteiger charge is 1.90. The first-order valence-corrected chi connectivity index (χ1v) is 6.99. The van der Waals surface area contributed by atoms with Crippen LogP contribution < -0.4 is 0 Å². The number of unbranched alkanes of at least 4 members (excludes halogenated alkanes) is 5. The maximum absolute atomic E-state index is 10.4. The Kier molecular flexibility index (Phi) is 12.0. The Balaban J connectivity index is 3.11. The monoisotopic (exact) mass is 242 g/mol. The van der Waals surface area contributed by atoms with E-state index in [4.69, 9.17) is 0 Å². The van der Waals surface area contributed by atoms with Crippen LogP contribution in [0.4, 0.5) is 0 Å². The van der Waals surface area contributed by atoms with E-state index < -0.39 is 0 Å². The highest BCUT2D eigenvalue weighted by atomic mass is 32.2. The molecule has 0 rings (SSSR count). The summed E-state index contributed by atoms with van der Waals surface area (Å²) in [6.07, 6.45) is 7.90. The molecule has 2 nitrogen and oxygen atoms in total. The Hall–Kier alpha value is -0.620. The Morgan fingerprint density at radius 1 is 1.19 bits per heavy atom. The smallest absolute Gasteiger partial charge is 0.303 e. The third-order valence-corrected chi connectivity index (χ3v) is 2.87. The first-order chi connectivity index (χ1) is 7.77. The van der Waals surface area contributed by atoms with Crippen molar-refractivity contribution in [2.24, 2.45) is 0 Å². The van der Waals surface area contributed by atoms with Crippen LogP contribution in [0.25, 0.3) is 0 Å². The molecule has 0 unspecified atom stereocenters. The predicted molar refractivity (Wildman–Crippen MR) is 70.2 cm³/mol. The molecule has 0 bridgehead atoms. The summed E-state index contributed by atoms with van der Waals surface area (Å²) in [5, 5.41) is 2.93. The lowest BCUT2D eigenvalue weighted by molar-refractivity contribution is -0.139. The molecule has 0 amide bonds. The largest absolute Gasteiger partial charge is 0.453 e. The molecule has 0 aromatic rings. The fourth-order valence-electron chi connectivity index (χ4n) is 1.22. The molecule has 0 radical (unpaired) electrons. The van der Waals surface area contributed by atoms with Crippen LogP contribution in [0.15, 0.2) is 0 Å². The summed E-state index contributed by atoms with van der Waals surface area (Å²) < 4.78 is 4.69. The van der Waals surface area contributed by atoms with Crippen molar-refractivity contribution in [3.05, 3.63) is 0 Å². The molecule has 0 N–H and O–H groups in total. The van der Waals surface area contributed by atoms with Crippen molar-refractivity contribution in [3.63, 3.8) is 0 Å². The van der Waals surface area contributed by atoms with Crippen molar-refractivity contribution in [1.29, 1.82) is 0 Å². The van der Waals surface area contributed by atoms with Crippen molar-refractivity contribution in [3.8, 4) is 11.2 Å². The number of esters is 1. The minimum Gasteiger partial charge on any atom is -0.453 e. The van der Waals surface area contributed by atoms with Crippen LogP contribution in [0.2, 0.25) is 0 Å². The molecule has 0 spiro atoms. The number of thioether (sulfide) groups is 1. The Morgan fingerprint density at radius 3 is 2.56 bits per heavy atom. The van der Waals surface area contributed by atoms with Crippen LogP contribution in [-0.4, -0.2) is 18.3 Å². The summed E-state index contributed by atoms with van der Waals surface area (Å²) in [5.74, 6) is 3.61. The van der Waals surface area contributed by atoms with E-state index in [-0.39, 0.29) is 12.6 Å². The summed E-state index contributed by atoms with van der Waals surface area (Å²) in [6.45, 7) is 3.85. The molecule has 0 fully saturated rings. The first-order valence-electron chi connectivity index (χ1n) is 6.00. The second-order valence-corrected chi connectivity index (χ2v) is 4.58. The second-order valence-electron chi connectivity index (χ2n) is 3.68. The minimum atomic E-state index is -0.268. The van der Waals surface area contributed by atoms with Gasteiger partial charge in [0.2, 0.25) is 0 Å². The quantitative estimate of drug-likeness (QED) is 0.369. The third-order valence-electron chi connectivity index (χ3n) is 2.09. The zero-order valence-electron chi connectivity index (χ0n) is 10.4. The normalized spacial score (nSPS) is 9.38. The number of carbonyl (C=O) groups is 1. The van der Waals surface area contributed by atoms with Gasteiger partial charge < -0.3 is 4.74 Å². The molecule has 0 aromatic carbocycles. The molecule has 0 aliphatic rings. The van der Waals surface area contributed by atoms with Gasteiger partial charge in [0.25, 0.3) is 0 Å². The van der Waals surface area contributed by atoms with Crippen LogP contribution in [0, 0.1) is 11.2 Å². The van der Waals surface area contributed by atoms with Crippen LogP contribution >= 0.6 is 11.8 Å². The standard InChI is InChI=1S/C13H22O2S/c1-3-4-5-6-7-8-11-16-12-9-10-15-13(2)14/h3-8,10-11H2,1-2H3. The maximum atomic E-state index is 10.4. The fraction of sp³-hybridized carbons (Fsp3) is 0.769. The molecular weight excluding hydrogens is 220 g/mol. The molecule has 0 saturated carbocycles. The topological polar surface area (TPSA) is 26.3 Å². The van der Waals surface area contributed by atoms with Gasteiger partial charge in [0, 0.05) is 12.7 Å². The van der Waals surface area contributed by atoms with Crippen molar-refractivity contribution >= 4 is 17.7 Å². The first kappa shape index (κ1) is 15.4. The van der Waals surface area contributed by atoms with Crippen molar-refractivity contribution in [1.82, 2.24) is 0 Å². The lowest BCUT2D eigenvalue weighted by atomic mass is 10.1. The molecule has 0 heterocycles. The van der Waals surface area contributed by atoms with Gasteiger partial charge in [0.1, 0.15) is 0 Å². The maximum Gasteiger partial charge on any atom is 0.303 e. The molecule has 16 heavy (non-hydrogen) atoms. The van der Waals surface area contributed by atoms with E-state index in [9.17, 15) is 4.79 Å². The zero-order valence-corrected chi connectivity index (χ0v) is 11.2. The summed E-state index contributed by atoms with van der Waals surface area (Å²) in [4.78, 5) is 10.4. The second kappa shape index (κ2) is 12.4. The van der Waals surface area contributed by atoms with Gasteiger partial charge >= 0.3 is 5.97 Å². The van der Waals surface area contributed by atoms with E-state index in [2.05, 4.69) is 22.8 Å².